The molecular weight excluding hydrogens is 274 g/mol. The van der Waals surface area contributed by atoms with E-state index in [2.05, 4.69) is 15.2 Å². The molecule has 3 rings (SSSR count). The van der Waals surface area contributed by atoms with Crippen LogP contribution in [0.5, 0.6) is 0 Å². The van der Waals surface area contributed by atoms with E-state index in [-0.39, 0.29) is 17.9 Å². The van der Waals surface area contributed by atoms with E-state index in [0.717, 1.165) is 11.4 Å². The van der Waals surface area contributed by atoms with Gasteiger partial charge in [-0.2, -0.15) is 5.10 Å². The highest BCUT2D eigenvalue weighted by Crippen LogP contribution is 2.47. The number of H-pyrrole nitrogens is 1. The van der Waals surface area contributed by atoms with Crippen molar-refractivity contribution in [2.75, 3.05) is 0 Å². The van der Waals surface area contributed by atoms with E-state index in [4.69, 9.17) is 11.6 Å². The van der Waals surface area contributed by atoms with Crippen LogP contribution in [-0.4, -0.2) is 26.4 Å². The average molecular weight is 292 g/mol. The molecule has 0 bridgehead atoms. The topological polar surface area (TPSA) is 61.8 Å². The lowest BCUT2D eigenvalue weighted by Crippen LogP contribution is -2.28. The van der Waals surface area contributed by atoms with E-state index in [1.165, 1.54) is 12.8 Å². The predicted molar refractivity (Wildman–Crippen MR) is 77.6 cm³/mol. The number of hydrogen-bond acceptors (Lipinski definition) is 3. The van der Waals surface area contributed by atoms with Crippen LogP contribution in [0.15, 0.2) is 30.6 Å². The summed E-state index contributed by atoms with van der Waals surface area (Å²) >= 11 is 5.97. The minimum Gasteiger partial charge on any atom is -0.393 e. The zero-order valence-electron chi connectivity index (χ0n) is 11.3. The second kappa shape index (κ2) is 5.54. The summed E-state index contributed by atoms with van der Waals surface area (Å²) in [4.78, 5) is 4.32. The van der Waals surface area contributed by atoms with Crippen LogP contribution in [0.3, 0.4) is 0 Å². The number of hydrogen-bond donors (Lipinski definition) is 2. The van der Waals surface area contributed by atoms with Crippen molar-refractivity contribution in [3.05, 3.63) is 47.0 Å². The van der Waals surface area contributed by atoms with Crippen LogP contribution >= 0.6 is 11.6 Å². The predicted octanol–water partition coefficient (Wildman–Crippen LogP) is 3.00. The summed E-state index contributed by atoms with van der Waals surface area (Å²) < 4.78 is 0. The zero-order chi connectivity index (χ0) is 14.1. The molecule has 0 aliphatic heterocycles. The van der Waals surface area contributed by atoms with Crippen LogP contribution in [-0.2, 0) is 0 Å². The van der Waals surface area contributed by atoms with Gasteiger partial charge in [-0.05, 0) is 43.4 Å². The molecule has 1 aliphatic rings. The summed E-state index contributed by atoms with van der Waals surface area (Å²) in [5.74, 6) is 1.44. The molecule has 1 aromatic heterocycles. The summed E-state index contributed by atoms with van der Waals surface area (Å²) in [7, 11) is 0. The number of aromatic amines is 1. The van der Waals surface area contributed by atoms with Crippen LogP contribution in [0.4, 0.5) is 0 Å². The molecule has 3 unspecified atom stereocenters. The number of aromatic nitrogens is 3. The third kappa shape index (κ3) is 2.72. The summed E-state index contributed by atoms with van der Waals surface area (Å²) in [6.07, 6.45) is 3.54. The molecule has 5 heteroatoms. The molecule has 106 valence electrons. The molecule has 0 spiro atoms. The number of aliphatic hydroxyl groups is 1. The minimum absolute atomic E-state index is 0.00557. The second-order valence-corrected chi connectivity index (χ2v) is 5.98. The Balaban J connectivity index is 2.01. The van der Waals surface area contributed by atoms with E-state index >= 15 is 0 Å². The maximum Gasteiger partial charge on any atom is 0.158 e. The molecule has 2 aromatic rings. The summed E-state index contributed by atoms with van der Waals surface area (Å²) in [5.41, 5.74) is 1.10. The first-order valence-electron chi connectivity index (χ1n) is 6.96. The lowest BCUT2D eigenvalue weighted by Gasteiger charge is -2.28. The number of halogens is 1. The third-order valence-corrected chi connectivity index (χ3v) is 4.30. The Morgan fingerprint density at radius 3 is 2.50 bits per heavy atom. The Kier molecular flexibility index (Phi) is 3.76. The van der Waals surface area contributed by atoms with Gasteiger partial charge in [0.2, 0.25) is 0 Å². The van der Waals surface area contributed by atoms with Crippen molar-refractivity contribution < 1.29 is 5.11 Å². The Morgan fingerprint density at radius 1 is 1.30 bits per heavy atom. The van der Waals surface area contributed by atoms with E-state index in [9.17, 15) is 5.11 Å². The molecular formula is C15H18ClN3O. The number of nitrogens with one attached hydrogen (secondary N) is 1. The fraction of sp³-hybridized carbons (Fsp3) is 0.467. The monoisotopic (exact) mass is 291 g/mol. The Bertz CT molecular complexity index is 547. The van der Waals surface area contributed by atoms with Gasteiger partial charge in [-0.15, -0.1) is 0 Å². The smallest absolute Gasteiger partial charge is 0.158 e. The largest absolute Gasteiger partial charge is 0.393 e. The highest BCUT2D eigenvalue weighted by Gasteiger charge is 2.42. The van der Waals surface area contributed by atoms with Crippen molar-refractivity contribution in [1.82, 2.24) is 15.2 Å². The van der Waals surface area contributed by atoms with Crippen LogP contribution < -0.4 is 0 Å². The van der Waals surface area contributed by atoms with Crippen molar-refractivity contribution in [3.8, 4) is 0 Å². The second-order valence-electron chi connectivity index (χ2n) is 5.54. The molecule has 4 nitrogen and oxygen atoms in total. The van der Waals surface area contributed by atoms with Gasteiger partial charge < -0.3 is 5.11 Å². The minimum atomic E-state index is -0.387. The van der Waals surface area contributed by atoms with Gasteiger partial charge in [-0.25, -0.2) is 4.98 Å². The highest BCUT2D eigenvalue weighted by molar-refractivity contribution is 6.30. The van der Waals surface area contributed by atoms with Crippen molar-refractivity contribution in [2.24, 2.45) is 11.8 Å². The first-order valence-corrected chi connectivity index (χ1v) is 7.34. The van der Waals surface area contributed by atoms with Gasteiger partial charge in [0.05, 0.1) is 12.0 Å². The molecule has 20 heavy (non-hydrogen) atoms. The first kappa shape index (κ1) is 13.6. The van der Waals surface area contributed by atoms with Crippen LogP contribution in [0.2, 0.25) is 5.02 Å². The Morgan fingerprint density at radius 2 is 2.00 bits per heavy atom. The molecule has 1 heterocycles. The van der Waals surface area contributed by atoms with Gasteiger partial charge in [0.1, 0.15) is 6.33 Å². The molecule has 1 fully saturated rings. The molecule has 0 radical (unpaired) electrons. The van der Waals surface area contributed by atoms with E-state index < -0.39 is 0 Å². The number of benzene rings is 1. The third-order valence-electron chi connectivity index (χ3n) is 4.05. The molecule has 0 amide bonds. The van der Waals surface area contributed by atoms with E-state index in [1.807, 2.05) is 31.2 Å². The van der Waals surface area contributed by atoms with E-state index in [0.29, 0.717) is 10.9 Å². The van der Waals surface area contributed by atoms with Crippen molar-refractivity contribution in [1.29, 1.82) is 0 Å². The van der Waals surface area contributed by atoms with Gasteiger partial charge in [-0.1, -0.05) is 23.7 Å². The first-order chi connectivity index (χ1) is 9.66. The van der Waals surface area contributed by atoms with Gasteiger partial charge >= 0.3 is 0 Å². The van der Waals surface area contributed by atoms with Gasteiger partial charge in [-0.3, -0.25) is 5.10 Å². The molecule has 0 saturated heterocycles. The Labute approximate surface area is 123 Å². The van der Waals surface area contributed by atoms with Crippen molar-refractivity contribution in [3.63, 3.8) is 0 Å². The molecule has 1 saturated carbocycles. The van der Waals surface area contributed by atoms with Gasteiger partial charge in [0.15, 0.2) is 5.82 Å². The van der Waals surface area contributed by atoms with Gasteiger partial charge in [0.25, 0.3) is 0 Å². The lowest BCUT2D eigenvalue weighted by molar-refractivity contribution is 0.100. The molecule has 1 aliphatic carbocycles. The zero-order valence-corrected chi connectivity index (χ0v) is 12.1. The Hall–Kier alpha value is -1.39. The maximum absolute atomic E-state index is 10.2. The lowest BCUT2D eigenvalue weighted by atomic mass is 9.79. The maximum atomic E-state index is 10.2. The summed E-state index contributed by atoms with van der Waals surface area (Å²) in [6.45, 7) is 1.86. The van der Waals surface area contributed by atoms with Gasteiger partial charge in [0, 0.05) is 10.9 Å². The number of nitrogens with zero attached hydrogens (tertiary/aromatic N) is 2. The normalized spacial score (nSPS) is 19.6. The highest BCUT2D eigenvalue weighted by atomic mass is 35.5. The quantitative estimate of drug-likeness (QED) is 0.890. The van der Waals surface area contributed by atoms with Crippen molar-refractivity contribution >= 4 is 11.6 Å². The van der Waals surface area contributed by atoms with Crippen LogP contribution in [0.25, 0.3) is 0 Å². The number of rotatable bonds is 5. The van der Waals surface area contributed by atoms with Crippen LogP contribution in [0.1, 0.15) is 37.1 Å². The molecule has 2 N–H and O–H groups in total. The number of aliphatic hydroxyl groups excluding tert-OH is 1. The summed E-state index contributed by atoms with van der Waals surface area (Å²) in [5, 5.41) is 18.0. The van der Waals surface area contributed by atoms with E-state index in [1.54, 1.807) is 6.33 Å². The fourth-order valence-corrected chi connectivity index (χ4v) is 3.13. The molecule has 3 atom stereocenters. The standard InChI is InChI=1S/C15H18ClN3O/c1-9(20)13(10-2-3-10)14(15-17-8-18-19-15)11-4-6-12(16)7-5-11/h4-10,13-14,20H,2-3H2,1H3,(H,17,18,19). The van der Waals surface area contributed by atoms with Crippen LogP contribution in [0, 0.1) is 11.8 Å². The van der Waals surface area contributed by atoms with Crippen molar-refractivity contribution in [2.45, 2.75) is 31.8 Å². The fourth-order valence-electron chi connectivity index (χ4n) is 3.01. The SMILES string of the molecule is CC(O)C(C1CC1)C(c1ccc(Cl)cc1)c1nc[nH]n1. The molecule has 1 aromatic carbocycles. The summed E-state index contributed by atoms with van der Waals surface area (Å²) in [6, 6.07) is 7.76. The average Bonchev–Trinajstić information content (AvgIpc) is 3.11.